The van der Waals surface area contributed by atoms with E-state index in [9.17, 15) is 0 Å². The van der Waals surface area contributed by atoms with Crippen LogP contribution in [0, 0.1) is 0 Å². The molecular weight excluding hydrogens is 126 g/mol. The number of aliphatic hydroxyl groups is 1. The Morgan fingerprint density at radius 3 is 3.00 bits per heavy atom. The van der Waals surface area contributed by atoms with E-state index in [1.807, 2.05) is 7.05 Å². The largest absolute Gasteiger partial charge is 0.395 e. The Kier molecular flexibility index (Phi) is 2.46. The summed E-state index contributed by atoms with van der Waals surface area (Å²) >= 11 is 0. The minimum atomic E-state index is 0.282. The second-order valence-electron chi connectivity index (χ2n) is 3.04. The van der Waals surface area contributed by atoms with E-state index in [0.29, 0.717) is 6.04 Å². The van der Waals surface area contributed by atoms with Gasteiger partial charge >= 0.3 is 0 Å². The average Bonchev–Trinajstić information content (AvgIpc) is 1.88. The van der Waals surface area contributed by atoms with E-state index in [4.69, 9.17) is 5.11 Å². The molecule has 0 spiro atoms. The van der Waals surface area contributed by atoms with Crippen molar-refractivity contribution in [1.82, 2.24) is 4.90 Å². The maximum atomic E-state index is 8.88. The van der Waals surface area contributed by atoms with Crippen molar-refractivity contribution in [3.63, 3.8) is 0 Å². The number of piperidine rings is 1. The van der Waals surface area contributed by atoms with Crippen molar-refractivity contribution < 1.29 is 5.11 Å². The SMILES string of the molecule is C=C1CCC(CO)N(C)C1. The summed E-state index contributed by atoms with van der Waals surface area (Å²) in [7, 11) is 2.03. The summed E-state index contributed by atoms with van der Waals surface area (Å²) in [4.78, 5) is 2.16. The number of likely N-dealkylation sites (tertiary alicyclic amines) is 1. The fraction of sp³-hybridized carbons (Fsp3) is 0.750. The molecule has 1 aliphatic rings. The lowest BCUT2D eigenvalue weighted by Crippen LogP contribution is -2.39. The van der Waals surface area contributed by atoms with E-state index < -0.39 is 0 Å². The molecule has 2 heteroatoms. The molecule has 0 amide bonds. The molecule has 1 heterocycles. The van der Waals surface area contributed by atoms with Gasteiger partial charge in [0.1, 0.15) is 0 Å². The van der Waals surface area contributed by atoms with E-state index in [0.717, 1.165) is 19.4 Å². The second kappa shape index (κ2) is 3.17. The number of aliphatic hydroxyl groups excluding tert-OH is 1. The van der Waals surface area contributed by atoms with Crippen molar-refractivity contribution >= 4 is 0 Å². The lowest BCUT2D eigenvalue weighted by Gasteiger charge is -2.32. The monoisotopic (exact) mass is 141 g/mol. The van der Waals surface area contributed by atoms with Crippen LogP contribution in [0.2, 0.25) is 0 Å². The van der Waals surface area contributed by atoms with Crippen LogP contribution in [-0.2, 0) is 0 Å². The summed E-state index contributed by atoms with van der Waals surface area (Å²) < 4.78 is 0. The van der Waals surface area contributed by atoms with Crippen molar-refractivity contribution in [3.8, 4) is 0 Å². The predicted molar refractivity (Wildman–Crippen MR) is 41.9 cm³/mol. The molecule has 58 valence electrons. The zero-order valence-electron chi connectivity index (χ0n) is 6.51. The maximum absolute atomic E-state index is 8.88. The standard InChI is InChI=1S/C8H15NO/c1-7-3-4-8(6-10)9(2)5-7/h8,10H,1,3-6H2,2H3. The van der Waals surface area contributed by atoms with Gasteiger partial charge in [-0.3, -0.25) is 4.90 Å². The molecule has 0 aromatic rings. The number of rotatable bonds is 1. The van der Waals surface area contributed by atoms with Gasteiger partial charge in [0, 0.05) is 12.6 Å². The summed E-state index contributed by atoms with van der Waals surface area (Å²) in [5.74, 6) is 0. The number of hydrogen-bond donors (Lipinski definition) is 1. The highest BCUT2D eigenvalue weighted by Gasteiger charge is 2.19. The first-order valence-corrected chi connectivity index (χ1v) is 3.72. The van der Waals surface area contributed by atoms with Crippen LogP contribution in [-0.4, -0.2) is 36.2 Å². The molecule has 1 unspecified atom stereocenters. The van der Waals surface area contributed by atoms with Crippen molar-refractivity contribution in [1.29, 1.82) is 0 Å². The van der Waals surface area contributed by atoms with E-state index in [-0.39, 0.29) is 6.61 Å². The van der Waals surface area contributed by atoms with Crippen LogP contribution < -0.4 is 0 Å². The summed E-state index contributed by atoms with van der Waals surface area (Å²) in [6.07, 6.45) is 2.14. The summed E-state index contributed by atoms with van der Waals surface area (Å²) in [6.45, 7) is 5.14. The van der Waals surface area contributed by atoms with Crippen LogP contribution in [0.25, 0.3) is 0 Å². The molecule has 1 rings (SSSR count). The van der Waals surface area contributed by atoms with Crippen molar-refractivity contribution in [3.05, 3.63) is 12.2 Å². The van der Waals surface area contributed by atoms with Gasteiger partial charge in [0.25, 0.3) is 0 Å². The summed E-state index contributed by atoms with van der Waals surface area (Å²) in [6, 6.07) is 0.366. The average molecular weight is 141 g/mol. The number of likely N-dealkylation sites (N-methyl/N-ethyl adjacent to an activating group) is 1. The summed E-state index contributed by atoms with van der Waals surface area (Å²) in [5.41, 5.74) is 1.28. The number of nitrogens with zero attached hydrogens (tertiary/aromatic N) is 1. The third-order valence-electron chi connectivity index (χ3n) is 2.14. The molecule has 0 bridgehead atoms. The zero-order chi connectivity index (χ0) is 7.56. The maximum Gasteiger partial charge on any atom is 0.0586 e. The van der Waals surface area contributed by atoms with Crippen LogP contribution in [0.3, 0.4) is 0 Å². The second-order valence-corrected chi connectivity index (χ2v) is 3.04. The van der Waals surface area contributed by atoms with Gasteiger partial charge in [-0.2, -0.15) is 0 Å². The first-order chi connectivity index (χ1) is 4.74. The van der Waals surface area contributed by atoms with E-state index in [2.05, 4.69) is 11.5 Å². The molecule has 1 saturated heterocycles. The minimum Gasteiger partial charge on any atom is -0.395 e. The van der Waals surface area contributed by atoms with E-state index in [1.54, 1.807) is 0 Å². The van der Waals surface area contributed by atoms with E-state index >= 15 is 0 Å². The highest BCUT2D eigenvalue weighted by atomic mass is 16.3. The molecule has 0 radical (unpaired) electrons. The van der Waals surface area contributed by atoms with Crippen molar-refractivity contribution in [2.45, 2.75) is 18.9 Å². The van der Waals surface area contributed by atoms with Gasteiger partial charge in [0.15, 0.2) is 0 Å². The Bertz CT molecular complexity index is 133. The third kappa shape index (κ3) is 1.58. The Labute approximate surface area is 62.2 Å². The quantitative estimate of drug-likeness (QED) is 0.541. The number of hydrogen-bond acceptors (Lipinski definition) is 2. The van der Waals surface area contributed by atoms with Gasteiger partial charge in [0.2, 0.25) is 0 Å². The Hall–Kier alpha value is -0.340. The molecule has 1 N–H and O–H groups in total. The van der Waals surface area contributed by atoms with Gasteiger partial charge in [-0.25, -0.2) is 0 Å². The van der Waals surface area contributed by atoms with Gasteiger partial charge < -0.3 is 5.11 Å². The molecule has 1 fully saturated rings. The summed E-state index contributed by atoms with van der Waals surface area (Å²) in [5, 5.41) is 8.88. The van der Waals surface area contributed by atoms with E-state index in [1.165, 1.54) is 5.57 Å². The smallest absolute Gasteiger partial charge is 0.0586 e. The first kappa shape index (κ1) is 7.76. The van der Waals surface area contributed by atoms with Gasteiger partial charge in [-0.15, -0.1) is 0 Å². The highest BCUT2D eigenvalue weighted by Crippen LogP contribution is 2.17. The molecule has 2 nitrogen and oxygen atoms in total. The van der Waals surface area contributed by atoms with Crippen LogP contribution in [0.5, 0.6) is 0 Å². The highest BCUT2D eigenvalue weighted by molar-refractivity contribution is 5.02. The molecule has 0 aromatic heterocycles. The fourth-order valence-corrected chi connectivity index (χ4v) is 1.38. The Balaban J connectivity index is 2.43. The Morgan fingerprint density at radius 2 is 2.50 bits per heavy atom. The molecule has 0 aliphatic carbocycles. The fourth-order valence-electron chi connectivity index (χ4n) is 1.38. The third-order valence-corrected chi connectivity index (χ3v) is 2.14. The molecule has 10 heavy (non-hydrogen) atoms. The molecular formula is C8H15NO. The molecule has 1 atom stereocenters. The van der Waals surface area contributed by atoms with Crippen LogP contribution in [0.15, 0.2) is 12.2 Å². The van der Waals surface area contributed by atoms with Gasteiger partial charge in [0.05, 0.1) is 6.61 Å². The normalized spacial score (nSPS) is 29.0. The zero-order valence-corrected chi connectivity index (χ0v) is 6.51. The molecule has 1 aliphatic heterocycles. The molecule has 0 saturated carbocycles. The Morgan fingerprint density at radius 1 is 1.80 bits per heavy atom. The minimum absolute atomic E-state index is 0.282. The van der Waals surface area contributed by atoms with Crippen molar-refractivity contribution in [2.24, 2.45) is 0 Å². The van der Waals surface area contributed by atoms with Gasteiger partial charge in [-0.05, 0) is 19.9 Å². The van der Waals surface area contributed by atoms with Gasteiger partial charge in [-0.1, -0.05) is 12.2 Å². The van der Waals surface area contributed by atoms with Crippen LogP contribution in [0.1, 0.15) is 12.8 Å². The first-order valence-electron chi connectivity index (χ1n) is 3.72. The predicted octanol–water partition coefficient (Wildman–Crippen LogP) is 0.629. The van der Waals surface area contributed by atoms with Crippen LogP contribution >= 0.6 is 0 Å². The topological polar surface area (TPSA) is 23.5 Å². The molecule has 0 aromatic carbocycles. The lowest BCUT2D eigenvalue weighted by molar-refractivity contribution is 0.133. The van der Waals surface area contributed by atoms with Crippen LogP contribution in [0.4, 0.5) is 0 Å². The van der Waals surface area contributed by atoms with Crippen molar-refractivity contribution in [2.75, 3.05) is 20.2 Å². The lowest BCUT2D eigenvalue weighted by atomic mass is 10.0.